The molecule has 2 amide bonds. The van der Waals surface area contributed by atoms with Gasteiger partial charge in [0.2, 0.25) is 0 Å². The minimum atomic E-state index is -3.84. The quantitative estimate of drug-likeness (QED) is 0.360. The number of fused-ring (bicyclic) bond motifs is 3. The summed E-state index contributed by atoms with van der Waals surface area (Å²) >= 11 is 0. The van der Waals surface area contributed by atoms with Crippen LogP contribution in [-0.2, 0) is 16.6 Å². The van der Waals surface area contributed by atoms with Crippen LogP contribution in [0.1, 0.15) is 57.8 Å². The molecule has 0 saturated heterocycles. The van der Waals surface area contributed by atoms with Crippen LogP contribution in [0.2, 0.25) is 0 Å². The van der Waals surface area contributed by atoms with Crippen LogP contribution < -0.4 is 10.6 Å². The number of urea groups is 1. The summed E-state index contributed by atoms with van der Waals surface area (Å²) < 4.78 is 30.2. The van der Waals surface area contributed by atoms with E-state index in [0.717, 1.165) is 31.2 Å². The molecule has 38 heavy (non-hydrogen) atoms. The Bertz CT molecular complexity index is 1610. The van der Waals surface area contributed by atoms with Gasteiger partial charge in [0, 0.05) is 30.1 Å². The number of nitriles is 1. The highest BCUT2D eigenvalue weighted by molar-refractivity contribution is 7.90. The smallest absolute Gasteiger partial charge is 0.315 e. The number of imidazole rings is 1. The molecule has 0 aliphatic heterocycles. The number of hydrogen-bond donors (Lipinski definition) is 2. The molecule has 11 heteroatoms. The molecule has 1 fully saturated rings. The predicted molar refractivity (Wildman–Crippen MR) is 144 cm³/mol. The Morgan fingerprint density at radius 1 is 1.16 bits per heavy atom. The molecule has 1 aromatic carbocycles. The monoisotopic (exact) mass is 533 g/mol. The number of nitrogens with one attached hydrogen (secondary N) is 2. The van der Waals surface area contributed by atoms with E-state index in [4.69, 9.17) is 10.2 Å². The van der Waals surface area contributed by atoms with Crippen LogP contribution in [0, 0.1) is 17.2 Å². The molecule has 0 radical (unpaired) electrons. The summed E-state index contributed by atoms with van der Waals surface area (Å²) in [6.45, 7) is 4.01. The number of carbonyl (C=O) groups is 1. The molecule has 3 aromatic heterocycles. The molecule has 4 aromatic rings. The summed E-state index contributed by atoms with van der Waals surface area (Å²) in [6, 6.07) is 12.2. The van der Waals surface area contributed by atoms with Gasteiger partial charge in [-0.1, -0.05) is 18.2 Å². The average Bonchev–Trinajstić information content (AvgIpc) is 3.50. The Balaban J connectivity index is 1.60. The van der Waals surface area contributed by atoms with Gasteiger partial charge in [-0.05, 0) is 63.6 Å². The van der Waals surface area contributed by atoms with Crippen molar-refractivity contribution in [1.82, 2.24) is 29.1 Å². The van der Waals surface area contributed by atoms with Crippen LogP contribution in [0.3, 0.4) is 0 Å². The van der Waals surface area contributed by atoms with E-state index in [9.17, 15) is 13.2 Å². The van der Waals surface area contributed by atoms with Crippen molar-refractivity contribution in [2.45, 2.75) is 69.5 Å². The first-order valence-electron chi connectivity index (χ1n) is 12.9. The van der Waals surface area contributed by atoms with E-state index in [1.54, 1.807) is 42.6 Å². The van der Waals surface area contributed by atoms with Crippen LogP contribution in [-0.4, -0.2) is 39.0 Å². The van der Waals surface area contributed by atoms with Crippen LogP contribution in [0.25, 0.3) is 22.1 Å². The summed E-state index contributed by atoms with van der Waals surface area (Å²) in [5.41, 5.74) is 1.78. The number of benzene rings is 1. The molecule has 10 nitrogen and oxygen atoms in total. The van der Waals surface area contributed by atoms with Crippen LogP contribution in [0.15, 0.2) is 53.7 Å². The Kier molecular flexibility index (Phi) is 7.08. The predicted octanol–water partition coefficient (Wildman–Crippen LogP) is 4.48. The summed E-state index contributed by atoms with van der Waals surface area (Å²) in [5, 5.41) is 15.6. The Morgan fingerprint density at radius 3 is 2.58 bits per heavy atom. The minimum Gasteiger partial charge on any atom is -0.336 e. The highest BCUT2D eigenvalue weighted by Crippen LogP contribution is 2.38. The molecule has 1 aliphatic carbocycles. The van der Waals surface area contributed by atoms with Crippen LogP contribution in [0.4, 0.5) is 4.79 Å². The van der Waals surface area contributed by atoms with Gasteiger partial charge in [-0.3, -0.25) is 0 Å². The topological polar surface area (TPSA) is 135 Å². The summed E-state index contributed by atoms with van der Waals surface area (Å²) in [6.07, 6.45) is 7.28. The van der Waals surface area contributed by atoms with Crippen LogP contribution >= 0.6 is 0 Å². The molecule has 0 bridgehead atoms. The highest BCUT2D eigenvalue weighted by atomic mass is 32.2. The SMILES string of the molecule is CC(C)NC(=O)NCc1nc2cnc3c(ccn3S(=O)(=O)c3ccccc3)c2n1C1CCC(CC#N)CC1. The van der Waals surface area contributed by atoms with E-state index in [0.29, 0.717) is 34.7 Å². The lowest BCUT2D eigenvalue weighted by Gasteiger charge is -2.30. The van der Waals surface area contributed by atoms with Crippen molar-refractivity contribution in [3.05, 3.63) is 54.6 Å². The number of rotatable bonds is 7. The van der Waals surface area contributed by atoms with Gasteiger partial charge in [-0.15, -0.1) is 0 Å². The molecule has 0 unspecified atom stereocenters. The first-order chi connectivity index (χ1) is 18.3. The first-order valence-corrected chi connectivity index (χ1v) is 14.3. The molecular formula is C27H31N7O3S. The second-order valence-electron chi connectivity index (χ2n) is 10.1. The van der Waals surface area contributed by atoms with Gasteiger partial charge in [-0.25, -0.2) is 27.2 Å². The molecule has 5 rings (SSSR count). The third-order valence-electron chi connectivity index (χ3n) is 7.09. The summed E-state index contributed by atoms with van der Waals surface area (Å²) in [7, 11) is -3.84. The zero-order valence-electron chi connectivity index (χ0n) is 21.5. The highest BCUT2D eigenvalue weighted by Gasteiger charge is 2.28. The van der Waals surface area contributed by atoms with Crippen molar-refractivity contribution in [2.24, 2.45) is 5.92 Å². The molecule has 1 aliphatic rings. The van der Waals surface area contributed by atoms with E-state index >= 15 is 0 Å². The summed E-state index contributed by atoms with van der Waals surface area (Å²) in [5.74, 6) is 1.07. The maximum absolute atomic E-state index is 13.4. The van der Waals surface area contributed by atoms with Gasteiger partial charge in [0.05, 0.1) is 29.2 Å². The standard InChI is InChI=1S/C27H31N7O3S/c1-18(2)31-27(35)30-17-24-32-23-16-29-26-22(13-15-33(26)38(36,37)21-6-4-3-5-7-21)25(23)34(24)20-10-8-19(9-11-20)12-14-28/h3-7,13,15-16,18-20H,8-12,17H2,1-2H3,(H2,30,31,35). The lowest BCUT2D eigenvalue weighted by atomic mass is 9.84. The minimum absolute atomic E-state index is 0.000572. The Hall–Kier alpha value is -3.91. The third kappa shape index (κ3) is 4.84. The fourth-order valence-electron chi connectivity index (χ4n) is 5.32. The van der Waals surface area contributed by atoms with Gasteiger partial charge in [0.1, 0.15) is 11.3 Å². The second-order valence-corrected chi connectivity index (χ2v) is 11.9. The van der Waals surface area contributed by atoms with Crippen molar-refractivity contribution < 1.29 is 13.2 Å². The van der Waals surface area contributed by atoms with Crippen molar-refractivity contribution in [1.29, 1.82) is 5.26 Å². The molecule has 198 valence electrons. The third-order valence-corrected chi connectivity index (χ3v) is 8.77. The first kappa shape index (κ1) is 25.7. The van der Waals surface area contributed by atoms with E-state index in [1.165, 1.54) is 10.2 Å². The van der Waals surface area contributed by atoms with Crippen LogP contribution in [0.5, 0.6) is 0 Å². The number of amides is 2. The molecule has 0 spiro atoms. The van der Waals surface area contributed by atoms with Crippen molar-refractivity contribution in [3.63, 3.8) is 0 Å². The lowest BCUT2D eigenvalue weighted by molar-refractivity contribution is 0.237. The van der Waals surface area contributed by atoms with E-state index < -0.39 is 10.0 Å². The number of carbonyl (C=O) groups excluding carboxylic acids is 1. The number of hydrogen-bond acceptors (Lipinski definition) is 6. The Labute approximate surface area is 221 Å². The van der Waals surface area contributed by atoms with Crippen molar-refractivity contribution in [3.8, 4) is 6.07 Å². The number of nitrogens with zero attached hydrogens (tertiary/aromatic N) is 5. The van der Waals surface area contributed by atoms with Gasteiger partial charge in [0.25, 0.3) is 10.0 Å². The largest absolute Gasteiger partial charge is 0.336 e. The van der Waals surface area contributed by atoms with Gasteiger partial charge in [0.15, 0.2) is 5.65 Å². The fraction of sp³-hybridized carbons (Fsp3) is 0.407. The second kappa shape index (κ2) is 10.5. The number of aromatic nitrogens is 4. The average molecular weight is 534 g/mol. The maximum Gasteiger partial charge on any atom is 0.315 e. The van der Waals surface area contributed by atoms with Gasteiger partial charge < -0.3 is 15.2 Å². The van der Waals surface area contributed by atoms with Gasteiger partial charge >= 0.3 is 6.03 Å². The Morgan fingerprint density at radius 2 is 1.89 bits per heavy atom. The van der Waals surface area contributed by atoms with Gasteiger partial charge in [-0.2, -0.15) is 5.26 Å². The van der Waals surface area contributed by atoms with E-state index in [2.05, 4.69) is 26.3 Å². The molecule has 0 atom stereocenters. The summed E-state index contributed by atoms with van der Waals surface area (Å²) in [4.78, 5) is 21.8. The molecule has 3 heterocycles. The fourth-order valence-corrected chi connectivity index (χ4v) is 6.65. The zero-order chi connectivity index (χ0) is 26.9. The number of pyridine rings is 1. The maximum atomic E-state index is 13.4. The normalized spacial score (nSPS) is 18.1. The van der Waals surface area contributed by atoms with E-state index in [1.807, 2.05) is 13.8 Å². The molecular weight excluding hydrogens is 502 g/mol. The molecule has 1 saturated carbocycles. The van der Waals surface area contributed by atoms with E-state index in [-0.39, 0.29) is 29.6 Å². The zero-order valence-corrected chi connectivity index (χ0v) is 22.3. The van der Waals surface area contributed by atoms with Crippen molar-refractivity contribution in [2.75, 3.05) is 0 Å². The molecule has 2 N–H and O–H groups in total. The lowest BCUT2D eigenvalue weighted by Crippen LogP contribution is -2.39. The van der Waals surface area contributed by atoms with Crippen molar-refractivity contribution >= 4 is 38.1 Å².